The first-order valence-corrected chi connectivity index (χ1v) is 10.2. The largest absolute Gasteiger partial charge is 0.455 e. The molecule has 2 fully saturated rings. The lowest BCUT2D eigenvalue weighted by Crippen LogP contribution is -2.29. The van der Waals surface area contributed by atoms with Crippen molar-refractivity contribution in [2.75, 3.05) is 6.61 Å². The van der Waals surface area contributed by atoms with Gasteiger partial charge in [0, 0.05) is 11.5 Å². The zero-order valence-corrected chi connectivity index (χ0v) is 16.8. The molecule has 162 valence electrons. The van der Waals surface area contributed by atoms with E-state index in [4.69, 9.17) is 14.2 Å². The van der Waals surface area contributed by atoms with Crippen LogP contribution in [0.25, 0.3) is 0 Å². The minimum Gasteiger partial charge on any atom is -0.455 e. The van der Waals surface area contributed by atoms with Crippen LogP contribution in [0.5, 0.6) is 0 Å². The molecule has 0 spiro atoms. The number of hydrogen-bond acceptors (Lipinski definition) is 4. The number of benzene rings is 1. The molecule has 4 rings (SSSR count). The second-order valence-electron chi connectivity index (χ2n) is 8.48. The van der Waals surface area contributed by atoms with Crippen molar-refractivity contribution in [2.24, 2.45) is 5.92 Å². The second-order valence-corrected chi connectivity index (χ2v) is 8.48. The Balaban J connectivity index is 1.36. The molecule has 0 saturated carbocycles. The van der Waals surface area contributed by atoms with E-state index < -0.39 is 11.7 Å². The number of carbonyl (C=O) groups excluding carboxylic acids is 1. The number of epoxide rings is 1. The third-order valence-corrected chi connectivity index (χ3v) is 6.28. The minimum atomic E-state index is -4.34. The molecule has 0 unspecified atom stereocenters. The first kappa shape index (κ1) is 21.1. The van der Waals surface area contributed by atoms with Crippen molar-refractivity contribution in [2.45, 2.75) is 63.2 Å². The van der Waals surface area contributed by atoms with Crippen molar-refractivity contribution in [3.63, 3.8) is 0 Å². The zero-order chi connectivity index (χ0) is 21.5. The van der Waals surface area contributed by atoms with Crippen LogP contribution in [-0.2, 0) is 31.8 Å². The molecule has 0 amide bonds. The topological polar surface area (TPSA) is 48.1 Å². The van der Waals surface area contributed by atoms with Gasteiger partial charge in [0.15, 0.2) is 0 Å². The highest BCUT2D eigenvalue weighted by Crippen LogP contribution is 2.49. The van der Waals surface area contributed by atoms with Crippen LogP contribution in [0.15, 0.2) is 48.1 Å². The molecule has 0 aromatic heterocycles. The average Bonchev–Trinajstić information content (AvgIpc) is 3.28. The van der Waals surface area contributed by atoms with Crippen LogP contribution in [0.4, 0.5) is 13.2 Å². The van der Waals surface area contributed by atoms with Crippen LogP contribution in [0, 0.1) is 5.92 Å². The number of alkyl halides is 3. The maximum atomic E-state index is 12.7. The molecule has 1 aliphatic carbocycles. The molecule has 7 heteroatoms. The van der Waals surface area contributed by atoms with Gasteiger partial charge in [-0.15, -0.1) is 0 Å². The van der Waals surface area contributed by atoms with Gasteiger partial charge in [-0.05, 0) is 55.9 Å². The third-order valence-electron chi connectivity index (χ3n) is 6.28. The predicted molar refractivity (Wildman–Crippen MR) is 103 cm³/mol. The summed E-state index contributed by atoms with van der Waals surface area (Å²) >= 11 is 0. The van der Waals surface area contributed by atoms with Gasteiger partial charge in [-0.25, -0.2) is 4.79 Å². The number of ether oxygens (including phenoxy) is 3. The normalized spacial score (nSPS) is 31.5. The summed E-state index contributed by atoms with van der Waals surface area (Å²) in [5.41, 5.74) is 1.35. The van der Waals surface area contributed by atoms with Crippen LogP contribution in [0.2, 0.25) is 0 Å². The highest BCUT2D eigenvalue weighted by molar-refractivity contribution is 5.91. The van der Waals surface area contributed by atoms with Gasteiger partial charge in [-0.1, -0.05) is 24.8 Å². The van der Waals surface area contributed by atoms with Crippen molar-refractivity contribution in [3.05, 3.63) is 59.2 Å². The van der Waals surface area contributed by atoms with Crippen molar-refractivity contribution in [3.8, 4) is 0 Å². The number of fused-ring (bicyclic) bond motifs is 3. The van der Waals surface area contributed by atoms with Crippen LogP contribution in [0.1, 0.15) is 43.7 Å². The number of allylic oxidation sites excluding steroid dienone is 1. The molecular formula is C23H25F3O4. The second kappa shape index (κ2) is 7.85. The average molecular weight is 422 g/mol. The lowest BCUT2D eigenvalue weighted by Gasteiger charge is -2.20. The van der Waals surface area contributed by atoms with E-state index in [1.54, 1.807) is 0 Å². The minimum absolute atomic E-state index is 0.0688. The van der Waals surface area contributed by atoms with Crippen molar-refractivity contribution < 1.29 is 32.2 Å². The van der Waals surface area contributed by atoms with E-state index in [1.165, 1.54) is 12.1 Å². The summed E-state index contributed by atoms with van der Waals surface area (Å²) in [5.74, 6) is -0.410. The van der Waals surface area contributed by atoms with E-state index >= 15 is 0 Å². The Bertz CT molecular complexity index is 858. The molecule has 2 heterocycles. The Hall–Kier alpha value is -2.12. The smallest absolute Gasteiger partial charge is 0.416 e. The van der Waals surface area contributed by atoms with Gasteiger partial charge in [-0.2, -0.15) is 13.2 Å². The van der Waals surface area contributed by atoms with Gasteiger partial charge in [0.25, 0.3) is 0 Å². The quantitative estimate of drug-likeness (QED) is 0.297. The van der Waals surface area contributed by atoms with Gasteiger partial charge >= 0.3 is 12.1 Å². The fourth-order valence-corrected chi connectivity index (χ4v) is 4.34. The molecule has 0 N–H and O–H groups in total. The van der Waals surface area contributed by atoms with E-state index in [9.17, 15) is 18.0 Å². The molecule has 4 nitrogen and oxygen atoms in total. The van der Waals surface area contributed by atoms with Crippen LogP contribution in [-0.4, -0.2) is 30.4 Å². The van der Waals surface area contributed by atoms with Gasteiger partial charge in [0.2, 0.25) is 0 Å². The standard InChI is InChI=1S/C23H25F3O4/c1-14-18-10-7-15(4-3-11-22(2)20(30-22)19(18)29-21(14)27)12-28-13-16-5-8-17(9-6-16)23(24,25)26/h4-6,8-9,18-20H,1,3,7,10-13H2,2H3/t18-,19-,20+,22+/m0/s1. The van der Waals surface area contributed by atoms with E-state index in [0.717, 1.165) is 43.4 Å². The predicted octanol–water partition coefficient (Wildman–Crippen LogP) is 4.98. The van der Waals surface area contributed by atoms with Crippen LogP contribution < -0.4 is 0 Å². The van der Waals surface area contributed by atoms with Gasteiger partial charge in [0.1, 0.15) is 12.2 Å². The highest BCUT2D eigenvalue weighted by Gasteiger charge is 2.61. The van der Waals surface area contributed by atoms with Crippen molar-refractivity contribution >= 4 is 5.97 Å². The van der Waals surface area contributed by atoms with Gasteiger partial charge in [0.05, 0.1) is 24.4 Å². The molecule has 3 aliphatic rings. The lowest BCUT2D eigenvalue weighted by atomic mass is 9.84. The van der Waals surface area contributed by atoms with E-state index in [0.29, 0.717) is 17.7 Å². The maximum absolute atomic E-state index is 12.7. The molecule has 1 aromatic carbocycles. The molecule has 0 bridgehead atoms. The van der Waals surface area contributed by atoms with E-state index in [1.807, 2.05) is 6.92 Å². The summed E-state index contributed by atoms with van der Waals surface area (Å²) in [7, 11) is 0. The molecule has 1 aromatic rings. The highest BCUT2D eigenvalue weighted by atomic mass is 19.4. The summed E-state index contributed by atoms with van der Waals surface area (Å²) in [6, 6.07) is 5.01. The fourth-order valence-electron chi connectivity index (χ4n) is 4.34. The van der Waals surface area contributed by atoms with Crippen LogP contribution in [0.3, 0.4) is 0 Å². The number of esters is 1. The first-order chi connectivity index (χ1) is 14.2. The number of rotatable bonds is 4. The maximum Gasteiger partial charge on any atom is 0.416 e. The van der Waals surface area contributed by atoms with E-state index in [2.05, 4.69) is 12.7 Å². The number of hydrogen-bond donors (Lipinski definition) is 0. The summed E-state index contributed by atoms with van der Waals surface area (Å²) in [6.45, 7) is 6.58. The fraction of sp³-hybridized carbons (Fsp3) is 0.522. The SMILES string of the molecule is C=C1C(=O)O[C@@H]2[C@H]3O[C@]3(C)CCC=C(COCc3ccc(C(F)(F)F)cc3)CC[C@@H]12. The van der Waals surface area contributed by atoms with Gasteiger partial charge in [-0.3, -0.25) is 0 Å². The molecular weight excluding hydrogens is 397 g/mol. The zero-order valence-electron chi connectivity index (χ0n) is 16.8. The summed E-state index contributed by atoms with van der Waals surface area (Å²) in [5, 5.41) is 0. The van der Waals surface area contributed by atoms with E-state index in [-0.39, 0.29) is 36.3 Å². The molecule has 0 radical (unpaired) electrons. The Morgan fingerprint density at radius 3 is 2.67 bits per heavy atom. The number of carbonyl (C=O) groups is 1. The summed E-state index contributed by atoms with van der Waals surface area (Å²) < 4.78 is 55.2. The van der Waals surface area contributed by atoms with Crippen molar-refractivity contribution in [1.29, 1.82) is 0 Å². The van der Waals surface area contributed by atoms with Crippen LogP contribution >= 0.6 is 0 Å². The Morgan fingerprint density at radius 1 is 1.23 bits per heavy atom. The number of halogens is 3. The monoisotopic (exact) mass is 422 g/mol. The molecule has 30 heavy (non-hydrogen) atoms. The Morgan fingerprint density at radius 2 is 1.97 bits per heavy atom. The molecule has 2 aliphatic heterocycles. The van der Waals surface area contributed by atoms with Crippen molar-refractivity contribution in [1.82, 2.24) is 0 Å². The van der Waals surface area contributed by atoms with Gasteiger partial charge < -0.3 is 14.2 Å². The molecule has 2 saturated heterocycles. The Kier molecular flexibility index (Phi) is 5.53. The first-order valence-electron chi connectivity index (χ1n) is 10.2. The summed E-state index contributed by atoms with van der Waals surface area (Å²) in [6.07, 6.45) is 0.588. The molecule has 4 atom stereocenters. The lowest BCUT2D eigenvalue weighted by molar-refractivity contribution is -0.140. The third kappa shape index (κ3) is 4.32. The summed E-state index contributed by atoms with van der Waals surface area (Å²) in [4.78, 5) is 12.0. The Labute approximate surface area is 173 Å².